The largest absolute Gasteiger partial charge is 0.477 e. The molecule has 0 unspecified atom stereocenters. The second kappa shape index (κ2) is 6.43. The summed E-state index contributed by atoms with van der Waals surface area (Å²) in [6.45, 7) is 4.12. The summed E-state index contributed by atoms with van der Waals surface area (Å²) in [5, 5.41) is 9.28. The number of nitrogens with zero attached hydrogens (tertiary/aromatic N) is 1. The first-order valence-electron chi connectivity index (χ1n) is 4.77. The minimum absolute atomic E-state index is 0.0660. The van der Waals surface area contributed by atoms with E-state index in [4.69, 9.17) is 21.4 Å². The summed E-state index contributed by atoms with van der Waals surface area (Å²) in [4.78, 5) is 4.01. The van der Waals surface area contributed by atoms with E-state index in [0.717, 1.165) is 12.8 Å². The zero-order valence-electron chi connectivity index (χ0n) is 8.45. The summed E-state index contributed by atoms with van der Waals surface area (Å²) in [7, 11) is 0. The summed E-state index contributed by atoms with van der Waals surface area (Å²) in [6, 6.07) is 1.65. The molecule has 0 spiro atoms. The molecule has 1 N–H and O–H groups in total. The molecular formula is C11H14ClNO2. The number of allylic oxidation sites excluding steroid dienone is 1. The van der Waals surface area contributed by atoms with Crippen molar-refractivity contribution in [2.75, 3.05) is 6.61 Å². The van der Waals surface area contributed by atoms with Crippen molar-refractivity contribution in [3.63, 3.8) is 0 Å². The maximum Gasteiger partial charge on any atom is 0.232 e. The molecule has 1 heterocycles. The van der Waals surface area contributed by atoms with Crippen molar-refractivity contribution in [1.29, 1.82) is 0 Å². The maximum atomic E-state index is 8.85. The molecule has 0 saturated carbocycles. The first-order valence-corrected chi connectivity index (χ1v) is 5.14. The Balaban J connectivity index is 2.50. The summed E-state index contributed by atoms with van der Waals surface area (Å²) >= 11 is 5.90. The molecule has 0 aliphatic rings. The van der Waals surface area contributed by atoms with Crippen molar-refractivity contribution in [2.24, 2.45) is 0 Å². The van der Waals surface area contributed by atoms with Gasteiger partial charge in [0.1, 0.15) is 5.02 Å². The van der Waals surface area contributed by atoms with Gasteiger partial charge in [-0.2, -0.15) is 0 Å². The van der Waals surface area contributed by atoms with Crippen LogP contribution < -0.4 is 4.74 Å². The second-order valence-corrected chi connectivity index (χ2v) is 3.48. The van der Waals surface area contributed by atoms with Crippen LogP contribution >= 0.6 is 11.6 Å². The molecule has 1 rings (SSSR count). The van der Waals surface area contributed by atoms with Crippen LogP contribution in [-0.2, 0) is 6.61 Å². The molecule has 0 fully saturated rings. The minimum atomic E-state index is -0.0660. The van der Waals surface area contributed by atoms with Gasteiger partial charge < -0.3 is 9.84 Å². The number of halogens is 1. The van der Waals surface area contributed by atoms with Crippen molar-refractivity contribution >= 4 is 11.6 Å². The highest BCUT2D eigenvalue weighted by Crippen LogP contribution is 2.22. The number of hydrogen-bond acceptors (Lipinski definition) is 3. The Kier molecular flexibility index (Phi) is 5.15. The van der Waals surface area contributed by atoms with E-state index in [1.54, 1.807) is 12.3 Å². The van der Waals surface area contributed by atoms with Crippen LogP contribution in [0.25, 0.3) is 0 Å². The smallest absolute Gasteiger partial charge is 0.232 e. The monoisotopic (exact) mass is 227 g/mol. The second-order valence-electron chi connectivity index (χ2n) is 3.07. The van der Waals surface area contributed by atoms with Gasteiger partial charge in [-0.15, -0.1) is 6.58 Å². The normalized spacial score (nSPS) is 10.0. The molecule has 1 aromatic rings. The predicted molar refractivity (Wildman–Crippen MR) is 60.1 cm³/mol. The Morgan fingerprint density at radius 1 is 1.60 bits per heavy atom. The van der Waals surface area contributed by atoms with E-state index < -0.39 is 0 Å². The lowest BCUT2D eigenvalue weighted by Gasteiger charge is -2.06. The average molecular weight is 228 g/mol. The number of hydrogen-bond donors (Lipinski definition) is 1. The third kappa shape index (κ3) is 3.90. The van der Waals surface area contributed by atoms with E-state index in [-0.39, 0.29) is 6.61 Å². The van der Waals surface area contributed by atoms with Crippen LogP contribution in [0.4, 0.5) is 0 Å². The lowest BCUT2D eigenvalue weighted by atomic mass is 10.3. The fraction of sp³-hybridized carbons (Fsp3) is 0.364. The third-order valence-corrected chi connectivity index (χ3v) is 2.11. The Labute approximate surface area is 94.4 Å². The summed E-state index contributed by atoms with van der Waals surface area (Å²) < 4.78 is 5.37. The zero-order valence-corrected chi connectivity index (χ0v) is 9.20. The maximum absolute atomic E-state index is 8.85. The van der Waals surface area contributed by atoms with Gasteiger partial charge >= 0.3 is 0 Å². The first kappa shape index (κ1) is 12.0. The van der Waals surface area contributed by atoms with Crippen LogP contribution in [0.15, 0.2) is 24.9 Å². The predicted octanol–water partition coefficient (Wildman–Crippen LogP) is 2.57. The van der Waals surface area contributed by atoms with E-state index in [1.165, 1.54) is 0 Å². The fourth-order valence-electron chi connectivity index (χ4n) is 1.05. The van der Waals surface area contributed by atoms with E-state index in [2.05, 4.69) is 11.6 Å². The molecule has 0 aliphatic heterocycles. The van der Waals surface area contributed by atoms with Gasteiger partial charge in [0.05, 0.1) is 13.2 Å². The number of aliphatic hydroxyl groups excluding tert-OH is 1. The van der Waals surface area contributed by atoms with Crippen molar-refractivity contribution in [1.82, 2.24) is 4.98 Å². The molecule has 82 valence electrons. The Hall–Kier alpha value is -1.06. The number of aliphatic hydroxyl groups is 1. The van der Waals surface area contributed by atoms with E-state index in [9.17, 15) is 0 Å². The number of rotatable bonds is 6. The molecule has 0 atom stereocenters. The van der Waals surface area contributed by atoms with E-state index in [1.807, 2.05) is 6.08 Å². The van der Waals surface area contributed by atoms with Gasteiger partial charge in [0.15, 0.2) is 0 Å². The number of unbranched alkanes of at least 4 members (excludes halogenated alkanes) is 1. The SMILES string of the molecule is C=CCCCOc1ncc(CO)cc1Cl. The fourth-order valence-corrected chi connectivity index (χ4v) is 1.30. The highest BCUT2D eigenvalue weighted by atomic mass is 35.5. The third-order valence-electron chi connectivity index (χ3n) is 1.84. The Bertz CT molecular complexity index is 328. The summed E-state index contributed by atoms with van der Waals surface area (Å²) in [6.07, 6.45) is 5.19. The molecule has 15 heavy (non-hydrogen) atoms. The molecule has 0 saturated heterocycles. The number of aromatic nitrogens is 1. The van der Waals surface area contributed by atoms with Gasteiger partial charge in [0.25, 0.3) is 0 Å². The number of ether oxygens (including phenoxy) is 1. The summed E-state index contributed by atoms with van der Waals surface area (Å²) in [5.41, 5.74) is 0.679. The lowest BCUT2D eigenvalue weighted by molar-refractivity contribution is 0.279. The van der Waals surface area contributed by atoms with Gasteiger partial charge in [-0.1, -0.05) is 17.7 Å². The highest BCUT2D eigenvalue weighted by molar-refractivity contribution is 6.31. The number of pyridine rings is 1. The van der Waals surface area contributed by atoms with Gasteiger partial charge in [-0.25, -0.2) is 4.98 Å². The van der Waals surface area contributed by atoms with Gasteiger partial charge in [-0.05, 0) is 24.5 Å². The van der Waals surface area contributed by atoms with Crippen LogP contribution in [0.5, 0.6) is 5.88 Å². The van der Waals surface area contributed by atoms with E-state index in [0.29, 0.717) is 23.1 Å². The van der Waals surface area contributed by atoms with Crippen LogP contribution in [-0.4, -0.2) is 16.7 Å². The molecule has 0 radical (unpaired) electrons. The van der Waals surface area contributed by atoms with Crippen LogP contribution in [0, 0.1) is 0 Å². The van der Waals surface area contributed by atoms with Crippen molar-refractivity contribution in [3.8, 4) is 5.88 Å². The van der Waals surface area contributed by atoms with E-state index >= 15 is 0 Å². The van der Waals surface area contributed by atoms with Gasteiger partial charge in [0, 0.05) is 6.20 Å². The highest BCUT2D eigenvalue weighted by Gasteiger charge is 2.03. The van der Waals surface area contributed by atoms with Crippen molar-refractivity contribution < 1.29 is 9.84 Å². The van der Waals surface area contributed by atoms with Crippen LogP contribution in [0.3, 0.4) is 0 Å². The van der Waals surface area contributed by atoms with Crippen molar-refractivity contribution in [2.45, 2.75) is 19.4 Å². The molecular weight excluding hydrogens is 214 g/mol. The lowest BCUT2D eigenvalue weighted by Crippen LogP contribution is -2.00. The Morgan fingerprint density at radius 3 is 3.00 bits per heavy atom. The molecule has 3 nitrogen and oxygen atoms in total. The van der Waals surface area contributed by atoms with Gasteiger partial charge in [-0.3, -0.25) is 0 Å². The van der Waals surface area contributed by atoms with Crippen LogP contribution in [0.1, 0.15) is 18.4 Å². The Morgan fingerprint density at radius 2 is 2.40 bits per heavy atom. The van der Waals surface area contributed by atoms with Crippen molar-refractivity contribution in [3.05, 3.63) is 35.5 Å². The first-order chi connectivity index (χ1) is 7.27. The topological polar surface area (TPSA) is 42.4 Å². The zero-order chi connectivity index (χ0) is 11.1. The molecule has 1 aromatic heterocycles. The van der Waals surface area contributed by atoms with Crippen LogP contribution in [0.2, 0.25) is 5.02 Å². The molecule has 0 aromatic carbocycles. The minimum Gasteiger partial charge on any atom is -0.477 e. The average Bonchev–Trinajstić information content (AvgIpc) is 2.26. The molecule has 4 heteroatoms. The molecule has 0 aliphatic carbocycles. The molecule has 0 amide bonds. The standard InChI is InChI=1S/C11H14ClNO2/c1-2-3-4-5-15-11-10(12)6-9(8-14)7-13-11/h2,6-7,14H,1,3-5,8H2. The quantitative estimate of drug-likeness (QED) is 0.600. The molecule has 0 bridgehead atoms. The summed E-state index contributed by atoms with van der Waals surface area (Å²) in [5.74, 6) is 0.415. The van der Waals surface area contributed by atoms with Gasteiger partial charge in [0.2, 0.25) is 5.88 Å².